The number of rotatable bonds is 9. The van der Waals surface area contributed by atoms with Gasteiger partial charge in [0.1, 0.15) is 30.6 Å². The molecule has 1 fully saturated rings. The third-order valence-corrected chi connectivity index (χ3v) is 6.61. The van der Waals surface area contributed by atoms with Gasteiger partial charge in [-0.25, -0.2) is 8.78 Å². The van der Waals surface area contributed by atoms with Crippen LogP contribution < -0.4 is 14.2 Å². The molecule has 0 N–H and O–H groups in total. The van der Waals surface area contributed by atoms with Gasteiger partial charge in [-0.2, -0.15) is 0 Å². The fraction of sp³-hybridized carbons (Fsp3) is 0.154. The third kappa shape index (κ3) is 6.24. The Kier molecular flexibility index (Phi) is 8.27. The van der Waals surface area contributed by atoms with E-state index in [1.165, 1.54) is 43.5 Å². The smallest absolute Gasteiger partial charge is 0.293 e. The van der Waals surface area contributed by atoms with Crippen LogP contribution in [0.3, 0.4) is 0 Å². The summed E-state index contributed by atoms with van der Waals surface area (Å²) in [6.45, 7) is 0.340. The number of imide groups is 1. The van der Waals surface area contributed by atoms with Gasteiger partial charge in [-0.3, -0.25) is 14.5 Å². The lowest BCUT2D eigenvalue weighted by molar-refractivity contribution is -0.123. The number of nitrogens with zero attached hydrogens (tertiary/aromatic N) is 1. The zero-order valence-corrected chi connectivity index (χ0v) is 21.4. The summed E-state index contributed by atoms with van der Waals surface area (Å²) in [6.07, 6.45) is 1.60. The first-order chi connectivity index (χ1) is 17.3. The molecule has 0 saturated carbocycles. The van der Waals surface area contributed by atoms with Crippen LogP contribution in [0, 0.1) is 11.6 Å². The molecule has 2 amide bonds. The molecule has 186 valence electrons. The summed E-state index contributed by atoms with van der Waals surface area (Å²) in [5.41, 5.74) is 1.41. The van der Waals surface area contributed by atoms with Crippen LogP contribution >= 0.6 is 27.7 Å². The first-order valence-corrected chi connectivity index (χ1v) is 12.3. The van der Waals surface area contributed by atoms with E-state index in [1.807, 2.05) is 0 Å². The lowest BCUT2D eigenvalue weighted by Gasteiger charge is -2.14. The van der Waals surface area contributed by atoms with Crippen LogP contribution in [0.2, 0.25) is 0 Å². The Morgan fingerprint density at radius 3 is 2.31 bits per heavy atom. The van der Waals surface area contributed by atoms with Gasteiger partial charge in [0, 0.05) is 0 Å². The van der Waals surface area contributed by atoms with Crippen LogP contribution in [0.4, 0.5) is 13.6 Å². The highest BCUT2D eigenvalue weighted by molar-refractivity contribution is 9.10. The molecule has 0 spiro atoms. The highest BCUT2D eigenvalue weighted by Crippen LogP contribution is 2.39. The van der Waals surface area contributed by atoms with Gasteiger partial charge in [0.15, 0.2) is 11.5 Å². The SMILES string of the molecule is COc1cc(/C=C2\SC(=O)N(CCOc3ccc(F)cc3)C2=O)cc(Br)c1OCc1ccc(F)cc1. The average Bonchev–Trinajstić information content (AvgIpc) is 3.12. The molecule has 0 bridgehead atoms. The fourth-order valence-electron chi connectivity index (χ4n) is 3.33. The van der Waals surface area contributed by atoms with Gasteiger partial charge in [-0.15, -0.1) is 0 Å². The monoisotopic (exact) mass is 575 g/mol. The number of hydrogen-bond acceptors (Lipinski definition) is 6. The van der Waals surface area contributed by atoms with Crippen LogP contribution in [0.1, 0.15) is 11.1 Å². The topological polar surface area (TPSA) is 65.1 Å². The summed E-state index contributed by atoms with van der Waals surface area (Å²) >= 11 is 4.30. The average molecular weight is 576 g/mol. The first-order valence-electron chi connectivity index (χ1n) is 10.7. The van der Waals surface area contributed by atoms with Gasteiger partial charge in [-0.05, 0) is 93.4 Å². The number of hydrogen-bond donors (Lipinski definition) is 0. The maximum atomic E-state index is 13.1. The normalized spacial score (nSPS) is 14.4. The van der Waals surface area contributed by atoms with Gasteiger partial charge >= 0.3 is 0 Å². The Bertz CT molecular complexity index is 1300. The van der Waals surface area contributed by atoms with E-state index >= 15 is 0 Å². The molecule has 10 heteroatoms. The van der Waals surface area contributed by atoms with Crippen molar-refractivity contribution in [1.82, 2.24) is 4.90 Å². The Morgan fingerprint density at radius 1 is 0.972 bits per heavy atom. The van der Waals surface area contributed by atoms with Gasteiger partial charge in [0.05, 0.1) is 23.0 Å². The molecule has 1 saturated heterocycles. The van der Waals surface area contributed by atoms with E-state index in [2.05, 4.69) is 15.9 Å². The summed E-state index contributed by atoms with van der Waals surface area (Å²) in [7, 11) is 1.49. The summed E-state index contributed by atoms with van der Waals surface area (Å²) in [5, 5.41) is -0.403. The van der Waals surface area contributed by atoms with E-state index in [-0.39, 0.29) is 36.3 Å². The van der Waals surface area contributed by atoms with Gasteiger partial charge in [0.25, 0.3) is 11.1 Å². The molecule has 6 nitrogen and oxygen atoms in total. The van der Waals surface area contributed by atoms with Crippen molar-refractivity contribution in [3.8, 4) is 17.2 Å². The van der Waals surface area contributed by atoms with Crippen molar-refractivity contribution in [3.05, 3.63) is 92.8 Å². The molecular formula is C26H20BrF2NO5S. The minimum atomic E-state index is -0.431. The molecule has 0 radical (unpaired) electrons. The first kappa shape index (κ1) is 25.7. The third-order valence-electron chi connectivity index (χ3n) is 5.12. The van der Waals surface area contributed by atoms with E-state index in [1.54, 1.807) is 30.3 Å². The van der Waals surface area contributed by atoms with Crippen LogP contribution in [0.15, 0.2) is 70.0 Å². The van der Waals surface area contributed by atoms with E-state index in [9.17, 15) is 18.4 Å². The summed E-state index contributed by atoms with van der Waals surface area (Å²) in [5.74, 6) is 0.174. The minimum absolute atomic E-state index is 0.0581. The molecule has 1 aliphatic rings. The number of ether oxygens (including phenoxy) is 3. The second-order valence-electron chi connectivity index (χ2n) is 7.58. The molecule has 3 aromatic carbocycles. The zero-order valence-electron chi connectivity index (χ0n) is 19.0. The number of methoxy groups -OCH3 is 1. The standard InChI is InChI=1S/C26H20BrF2NO5S/c1-33-22-13-17(12-21(27)24(22)35-15-16-2-4-18(28)5-3-16)14-23-25(31)30(26(32)36-23)10-11-34-20-8-6-19(29)7-9-20/h2-9,12-14H,10-11,15H2,1H3/b23-14-. The van der Waals surface area contributed by atoms with Crippen LogP contribution in [-0.2, 0) is 11.4 Å². The molecule has 1 aliphatic heterocycles. The molecule has 3 aromatic rings. The Hall–Kier alpha value is -3.37. The predicted octanol–water partition coefficient (Wildman–Crippen LogP) is 6.43. The van der Waals surface area contributed by atoms with E-state index in [4.69, 9.17) is 14.2 Å². The van der Waals surface area contributed by atoms with E-state index in [0.29, 0.717) is 27.3 Å². The minimum Gasteiger partial charge on any atom is -0.493 e. The molecule has 0 aliphatic carbocycles. The van der Waals surface area contributed by atoms with Crippen molar-refractivity contribution in [2.45, 2.75) is 6.61 Å². The maximum absolute atomic E-state index is 13.1. The second kappa shape index (κ2) is 11.6. The molecule has 1 heterocycles. The molecule has 36 heavy (non-hydrogen) atoms. The van der Waals surface area contributed by atoms with Crippen LogP contribution in [0.5, 0.6) is 17.2 Å². The quantitative estimate of drug-likeness (QED) is 0.274. The number of amides is 2. The van der Waals surface area contributed by atoms with Crippen molar-refractivity contribution in [2.24, 2.45) is 0 Å². The predicted molar refractivity (Wildman–Crippen MR) is 136 cm³/mol. The Balaban J connectivity index is 1.43. The van der Waals surface area contributed by atoms with Crippen LogP contribution in [-0.4, -0.2) is 36.3 Å². The van der Waals surface area contributed by atoms with Crippen molar-refractivity contribution in [1.29, 1.82) is 0 Å². The fourth-order valence-corrected chi connectivity index (χ4v) is 4.77. The summed E-state index contributed by atoms with van der Waals surface area (Å²) in [6, 6.07) is 14.9. The molecule has 4 rings (SSSR count). The highest BCUT2D eigenvalue weighted by atomic mass is 79.9. The lowest BCUT2D eigenvalue weighted by Crippen LogP contribution is -2.32. The van der Waals surface area contributed by atoms with Crippen molar-refractivity contribution in [2.75, 3.05) is 20.3 Å². The van der Waals surface area contributed by atoms with Gasteiger partial charge in [-0.1, -0.05) is 12.1 Å². The Labute approximate surface area is 219 Å². The number of halogens is 3. The van der Waals surface area contributed by atoms with E-state index in [0.717, 1.165) is 22.2 Å². The molecule has 0 atom stereocenters. The number of carbonyl (C=O) groups excluding carboxylic acids is 2. The number of carbonyl (C=O) groups is 2. The number of benzene rings is 3. The van der Waals surface area contributed by atoms with Crippen molar-refractivity contribution >= 4 is 44.9 Å². The van der Waals surface area contributed by atoms with E-state index < -0.39 is 11.1 Å². The largest absolute Gasteiger partial charge is 0.493 e. The van der Waals surface area contributed by atoms with Crippen molar-refractivity contribution in [3.63, 3.8) is 0 Å². The highest BCUT2D eigenvalue weighted by Gasteiger charge is 2.35. The Morgan fingerprint density at radius 2 is 1.64 bits per heavy atom. The molecule has 0 aromatic heterocycles. The maximum Gasteiger partial charge on any atom is 0.293 e. The molecule has 0 unspecified atom stereocenters. The second-order valence-corrected chi connectivity index (χ2v) is 9.43. The summed E-state index contributed by atoms with van der Waals surface area (Å²) < 4.78 is 43.5. The lowest BCUT2D eigenvalue weighted by atomic mass is 10.1. The van der Waals surface area contributed by atoms with Gasteiger partial charge in [0.2, 0.25) is 0 Å². The zero-order chi connectivity index (χ0) is 25.7. The van der Waals surface area contributed by atoms with Crippen molar-refractivity contribution < 1.29 is 32.6 Å². The van der Waals surface area contributed by atoms with Crippen LogP contribution in [0.25, 0.3) is 6.08 Å². The molecular weight excluding hydrogens is 556 g/mol. The summed E-state index contributed by atoms with van der Waals surface area (Å²) in [4.78, 5) is 26.6. The number of thioether (sulfide) groups is 1. The van der Waals surface area contributed by atoms with Gasteiger partial charge < -0.3 is 14.2 Å².